The highest BCUT2D eigenvalue weighted by atomic mass is 16.2. The van der Waals surface area contributed by atoms with E-state index in [0.29, 0.717) is 0 Å². The van der Waals surface area contributed by atoms with Gasteiger partial charge in [0, 0.05) is 12.6 Å². The van der Waals surface area contributed by atoms with Crippen LogP contribution in [0.1, 0.15) is 24.5 Å². The molecule has 2 rings (SSSR count). The van der Waals surface area contributed by atoms with Crippen LogP contribution in [0.15, 0.2) is 24.3 Å². The highest BCUT2D eigenvalue weighted by Gasteiger charge is 2.24. The third kappa shape index (κ3) is 4.05. The second kappa shape index (κ2) is 6.86. The van der Waals surface area contributed by atoms with Crippen LogP contribution < -0.4 is 10.6 Å². The Morgan fingerprint density at radius 3 is 2.80 bits per heavy atom. The maximum Gasteiger partial charge on any atom is 0.237 e. The Balaban J connectivity index is 1.85. The van der Waals surface area contributed by atoms with Gasteiger partial charge in [0.2, 0.25) is 5.91 Å². The summed E-state index contributed by atoms with van der Waals surface area (Å²) < 4.78 is 0. The molecule has 110 valence electrons. The fraction of sp³-hybridized carbons (Fsp3) is 0.562. The maximum atomic E-state index is 12.3. The van der Waals surface area contributed by atoms with Gasteiger partial charge in [-0.25, -0.2) is 0 Å². The molecule has 2 atom stereocenters. The van der Waals surface area contributed by atoms with E-state index in [1.807, 2.05) is 26.2 Å². The first kappa shape index (κ1) is 15.0. The number of carbonyl (C=O) groups excluding carboxylic acids is 1. The van der Waals surface area contributed by atoms with E-state index >= 15 is 0 Å². The summed E-state index contributed by atoms with van der Waals surface area (Å²) in [5.74, 6) is 0.116. The fourth-order valence-corrected chi connectivity index (χ4v) is 2.51. The van der Waals surface area contributed by atoms with Gasteiger partial charge in [-0.2, -0.15) is 0 Å². The lowest BCUT2D eigenvalue weighted by molar-refractivity contribution is -0.124. The summed E-state index contributed by atoms with van der Waals surface area (Å²) in [6, 6.07) is 8.43. The van der Waals surface area contributed by atoms with Gasteiger partial charge in [-0.15, -0.1) is 0 Å². The van der Waals surface area contributed by atoms with E-state index in [1.165, 1.54) is 11.1 Å². The SMILES string of the molecule is CC(CCN(C)C)NC(=O)[C@H]1Cc2ccccc2CN1. The molecule has 0 saturated carbocycles. The number of nitrogens with zero attached hydrogens (tertiary/aromatic N) is 1. The Morgan fingerprint density at radius 1 is 1.40 bits per heavy atom. The van der Waals surface area contributed by atoms with Gasteiger partial charge in [-0.05, 0) is 51.5 Å². The second-order valence-electron chi connectivity index (χ2n) is 5.91. The molecule has 4 nitrogen and oxygen atoms in total. The Labute approximate surface area is 121 Å². The number of rotatable bonds is 5. The number of carbonyl (C=O) groups is 1. The van der Waals surface area contributed by atoms with Crippen LogP contribution in [0.5, 0.6) is 0 Å². The van der Waals surface area contributed by atoms with Crippen LogP contribution >= 0.6 is 0 Å². The molecule has 1 unspecified atom stereocenters. The van der Waals surface area contributed by atoms with E-state index in [1.54, 1.807) is 0 Å². The highest BCUT2D eigenvalue weighted by Crippen LogP contribution is 2.16. The lowest BCUT2D eigenvalue weighted by Gasteiger charge is -2.27. The molecule has 1 aliphatic heterocycles. The van der Waals surface area contributed by atoms with Gasteiger partial charge in [0.25, 0.3) is 0 Å². The molecule has 0 aromatic heterocycles. The summed E-state index contributed by atoms with van der Waals surface area (Å²) in [7, 11) is 4.10. The first-order chi connectivity index (χ1) is 9.56. The van der Waals surface area contributed by atoms with Gasteiger partial charge >= 0.3 is 0 Å². The molecule has 1 heterocycles. The fourth-order valence-electron chi connectivity index (χ4n) is 2.51. The third-order valence-corrected chi connectivity index (χ3v) is 3.80. The van der Waals surface area contributed by atoms with Gasteiger partial charge in [-0.3, -0.25) is 4.79 Å². The van der Waals surface area contributed by atoms with Crippen LogP contribution in [0.25, 0.3) is 0 Å². The van der Waals surface area contributed by atoms with E-state index in [0.717, 1.165) is 25.9 Å². The first-order valence-electron chi connectivity index (χ1n) is 7.31. The van der Waals surface area contributed by atoms with E-state index in [2.05, 4.69) is 34.6 Å². The maximum absolute atomic E-state index is 12.3. The smallest absolute Gasteiger partial charge is 0.237 e. The molecule has 1 aromatic rings. The van der Waals surface area contributed by atoms with Gasteiger partial charge in [-0.1, -0.05) is 24.3 Å². The molecule has 4 heteroatoms. The van der Waals surface area contributed by atoms with Crippen molar-refractivity contribution in [2.75, 3.05) is 20.6 Å². The quantitative estimate of drug-likeness (QED) is 0.847. The molecular weight excluding hydrogens is 250 g/mol. The summed E-state index contributed by atoms with van der Waals surface area (Å²) >= 11 is 0. The van der Waals surface area contributed by atoms with Crippen molar-refractivity contribution in [2.24, 2.45) is 0 Å². The molecule has 1 aromatic carbocycles. The summed E-state index contributed by atoms with van der Waals surface area (Å²) in [5.41, 5.74) is 2.59. The lowest BCUT2D eigenvalue weighted by Crippen LogP contribution is -2.50. The van der Waals surface area contributed by atoms with Crippen molar-refractivity contribution in [1.82, 2.24) is 15.5 Å². The number of hydrogen-bond acceptors (Lipinski definition) is 3. The molecule has 0 radical (unpaired) electrons. The Kier molecular flexibility index (Phi) is 5.15. The van der Waals surface area contributed by atoms with Crippen LogP contribution in [0.2, 0.25) is 0 Å². The molecule has 1 aliphatic rings. The zero-order valence-corrected chi connectivity index (χ0v) is 12.6. The molecular formula is C16H25N3O. The van der Waals surface area contributed by atoms with E-state index < -0.39 is 0 Å². The van der Waals surface area contributed by atoms with Crippen LogP contribution in [-0.4, -0.2) is 43.5 Å². The molecule has 0 bridgehead atoms. The minimum Gasteiger partial charge on any atom is -0.352 e. The van der Waals surface area contributed by atoms with E-state index in [4.69, 9.17) is 0 Å². The molecule has 0 spiro atoms. The highest BCUT2D eigenvalue weighted by molar-refractivity contribution is 5.82. The van der Waals surface area contributed by atoms with Gasteiger partial charge < -0.3 is 15.5 Å². The second-order valence-corrected chi connectivity index (χ2v) is 5.91. The van der Waals surface area contributed by atoms with Crippen molar-refractivity contribution < 1.29 is 4.79 Å². The van der Waals surface area contributed by atoms with Crippen LogP contribution in [0, 0.1) is 0 Å². The average Bonchev–Trinajstić information content (AvgIpc) is 2.44. The lowest BCUT2D eigenvalue weighted by atomic mass is 9.95. The summed E-state index contributed by atoms with van der Waals surface area (Å²) in [6.07, 6.45) is 1.75. The van der Waals surface area contributed by atoms with E-state index in [-0.39, 0.29) is 18.0 Å². The Bertz CT molecular complexity index is 459. The van der Waals surface area contributed by atoms with Crippen LogP contribution in [0.4, 0.5) is 0 Å². The largest absolute Gasteiger partial charge is 0.352 e. The number of nitrogens with one attached hydrogen (secondary N) is 2. The Morgan fingerprint density at radius 2 is 2.10 bits per heavy atom. The molecule has 0 fully saturated rings. The van der Waals surface area contributed by atoms with E-state index in [9.17, 15) is 4.79 Å². The number of amides is 1. The normalized spacial score (nSPS) is 19.5. The molecule has 0 saturated heterocycles. The average molecular weight is 275 g/mol. The van der Waals surface area contributed by atoms with Crippen molar-refractivity contribution in [3.8, 4) is 0 Å². The van der Waals surface area contributed by atoms with Crippen molar-refractivity contribution in [3.63, 3.8) is 0 Å². The van der Waals surface area contributed by atoms with Crippen molar-refractivity contribution in [3.05, 3.63) is 35.4 Å². The zero-order valence-electron chi connectivity index (χ0n) is 12.6. The van der Waals surface area contributed by atoms with Gasteiger partial charge in [0.05, 0.1) is 6.04 Å². The topological polar surface area (TPSA) is 44.4 Å². The number of fused-ring (bicyclic) bond motifs is 1. The molecule has 1 amide bonds. The summed E-state index contributed by atoms with van der Waals surface area (Å²) in [4.78, 5) is 14.4. The van der Waals surface area contributed by atoms with Crippen LogP contribution in [-0.2, 0) is 17.8 Å². The molecule has 20 heavy (non-hydrogen) atoms. The van der Waals surface area contributed by atoms with Crippen molar-refractivity contribution >= 4 is 5.91 Å². The minimum absolute atomic E-state index is 0.105. The predicted molar refractivity (Wildman–Crippen MR) is 81.5 cm³/mol. The molecule has 0 aliphatic carbocycles. The third-order valence-electron chi connectivity index (χ3n) is 3.80. The number of hydrogen-bond donors (Lipinski definition) is 2. The Hall–Kier alpha value is -1.39. The summed E-state index contributed by atoms with van der Waals surface area (Å²) in [6.45, 7) is 3.83. The van der Waals surface area contributed by atoms with Crippen LogP contribution in [0.3, 0.4) is 0 Å². The zero-order chi connectivity index (χ0) is 14.5. The van der Waals surface area contributed by atoms with Gasteiger partial charge in [0.15, 0.2) is 0 Å². The molecule has 2 N–H and O–H groups in total. The predicted octanol–water partition coefficient (Wildman–Crippen LogP) is 1.16. The standard InChI is InChI=1S/C16H25N3O/c1-12(8-9-19(2)3)18-16(20)15-10-13-6-4-5-7-14(13)11-17-15/h4-7,12,15,17H,8-11H2,1-3H3,(H,18,20)/t12?,15-/m1/s1. The van der Waals surface area contributed by atoms with Crippen molar-refractivity contribution in [2.45, 2.75) is 38.4 Å². The minimum atomic E-state index is -0.105. The first-order valence-corrected chi connectivity index (χ1v) is 7.31. The summed E-state index contributed by atoms with van der Waals surface area (Å²) in [5, 5.41) is 6.43. The number of benzene rings is 1. The van der Waals surface area contributed by atoms with Crippen molar-refractivity contribution in [1.29, 1.82) is 0 Å². The monoisotopic (exact) mass is 275 g/mol. The van der Waals surface area contributed by atoms with Gasteiger partial charge in [0.1, 0.15) is 0 Å².